The van der Waals surface area contributed by atoms with Crippen molar-refractivity contribution in [1.82, 2.24) is 15.2 Å². The Bertz CT molecular complexity index is 614. The highest BCUT2D eigenvalue weighted by atomic mass is 19.4. The van der Waals surface area contributed by atoms with Gasteiger partial charge in [-0.25, -0.2) is 4.98 Å². The molecule has 1 aromatic heterocycles. The first-order valence-electron chi connectivity index (χ1n) is 5.84. The van der Waals surface area contributed by atoms with E-state index in [-0.39, 0.29) is 17.1 Å². The van der Waals surface area contributed by atoms with Crippen molar-refractivity contribution in [1.29, 1.82) is 0 Å². The summed E-state index contributed by atoms with van der Waals surface area (Å²) < 4.78 is 38.1. The Morgan fingerprint density at radius 1 is 1.21 bits per heavy atom. The number of rotatable bonds is 2. The van der Waals surface area contributed by atoms with Crippen molar-refractivity contribution in [2.24, 2.45) is 0 Å². The summed E-state index contributed by atoms with van der Waals surface area (Å²) in [4.78, 5) is 4.22. The number of hydrogen-bond acceptors (Lipinski definition) is 3. The molecule has 0 aliphatic heterocycles. The van der Waals surface area contributed by atoms with E-state index in [1.165, 1.54) is 6.07 Å². The van der Waals surface area contributed by atoms with E-state index in [0.717, 1.165) is 30.8 Å². The van der Waals surface area contributed by atoms with E-state index in [1.807, 2.05) is 0 Å². The molecule has 0 radical (unpaired) electrons. The Morgan fingerprint density at radius 2 is 1.95 bits per heavy atom. The molecule has 1 aliphatic rings. The van der Waals surface area contributed by atoms with Gasteiger partial charge in [0.25, 0.3) is 0 Å². The Labute approximate surface area is 106 Å². The number of nitrogens with two attached hydrogens (primary N) is 1. The zero-order valence-corrected chi connectivity index (χ0v) is 9.83. The highest BCUT2D eigenvalue weighted by molar-refractivity contribution is 5.63. The van der Waals surface area contributed by atoms with E-state index < -0.39 is 11.7 Å². The molecule has 0 bridgehead atoms. The molecule has 1 heterocycles. The third kappa shape index (κ3) is 2.40. The smallest absolute Gasteiger partial charge is 0.399 e. The van der Waals surface area contributed by atoms with Crippen LogP contribution < -0.4 is 5.73 Å². The van der Waals surface area contributed by atoms with Gasteiger partial charge in [0, 0.05) is 17.2 Å². The van der Waals surface area contributed by atoms with Crippen LogP contribution in [0.1, 0.15) is 30.1 Å². The summed E-state index contributed by atoms with van der Waals surface area (Å²) >= 11 is 0. The van der Waals surface area contributed by atoms with E-state index in [2.05, 4.69) is 15.2 Å². The average molecular weight is 268 g/mol. The molecule has 3 N–H and O–H groups in total. The first-order valence-corrected chi connectivity index (χ1v) is 5.84. The number of hydrogen-bond donors (Lipinski definition) is 2. The van der Waals surface area contributed by atoms with Crippen molar-refractivity contribution in [3.05, 3.63) is 29.6 Å². The highest BCUT2D eigenvalue weighted by Crippen LogP contribution is 2.39. The summed E-state index contributed by atoms with van der Waals surface area (Å²) in [5.74, 6) is 1.34. The van der Waals surface area contributed by atoms with Crippen molar-refractivity contribution >= 4 is 5.69 Å². The molecule has 0 spiro atoms. The van der Waals surface area contributed by atoms with Gasteiger partial charge in [-0.05, 0) is 31.0 Å². The largest absolute Gasteiger partial charge is 0.416 e. The molecule has 1 aromatic carbocycles. The van der Waals surface area contributed by atoms with Gasteiger partial charge in [0.2, 0.25) is 0 Å². The van der Waals surface area contributed by atoms with Crippen LogP contribution >= 0.6 is 0 Å². The van der Waals surface area contributed by atoms with E-state index in [0.29, 0.717) is 5.92 Å². The predicted molar refractivity (Wildman–Crippen MR) is 63.2 cm³/mol. The Morgan fingerprint density at radius 3 is 2.58 bits per heavy atom. The minimum atomic E-state index is -4.43. The van der Waals surface area contributed by atoms with Gasteiger partial charge >= 0.3 is 6.18 Å². The first-order chi connectivity index (χ1) is 8.93. The lowest BCUT2D eigenvalue weighted by Crippen LogP contribution is -2.06. The van der Waals surface area contributed by atoms with E-state index in [9.17, 15) is 13.2 Å². The fourth-order valence-corrected chi connectivity index (χ4v) is 1.89. The monoisotopic (exact) mass is 268 g/mol. The molecule has 1 fully saturated rings. The van der Waals surface area contributed by atoms with Crippen molar-refractivity contribution in [3.63, 3.8) is 0 Å². The topological polar surface area (TPSA) is 67.6 Å². The van der Waals surface area contributed by atoms with Crippen molar-refractivity contribution in [2.45, 2.75) is 24.9 Å². The van der Waals surface area contributed by atoms with Gasteiger partial charge in [-0.2, -0.15) is 18.3 Å². The van der Waals surface area contributed by atoms with Crippen LogP contribution in [0.2, 0.25) is 0 Å². The summed E-state index contributed by atoms with van der Waals surface area (Å²) in [6, 6.07) is 3.35. The van der Waals surface area contributed by atoms with Gasteiger partial charge in [-0.1, -0.05) is 0 Å². The van der Waals surface area contributed by atoms with Crippen LogP contribution in [0.5, 0.6) is 0 Å². The zero-order valence-electron chi connectivity index (χ0n) is 9.83. The number of alkyl halides is 3. The number of H-pyrrole nitrogens is 1. The van der Waals surface area contributed by atoms with Crippen LogP contribution in [-0.2, 0) is 6.18 Å². The summed E-state index contributed by atoms with van der Waals surface area (Å²) in [6.07, 6.45) is -2.35. The van der Waals surface area contributed by atoms with Gasteiger partial charge in [-0.3, -0.25) is 5.10 Å². The third-order valence-corrected chi connectivity index (χ3v) is 3.01. The van der Waals surface area contributed by atoms with Crippen LogP contribution in [0.4, 0.5) is 18.9 Å². The molecular weight excluding hydrogens is 257 g/mol. The van der Waals surface area contributed by atoms with Gasteiger partial charge in [0.15, 0.2) is 5.82 Å². The SMILES string of the molecule is Nc1cc(-c2n[nH]c(C3CC3)n2)cc(C(F)(F)F)c1. The lowest BCUT2D eigenvalue weighted by Gasteiger charge is -2.08. The van der Waals surface area contributed by atoms with Crippen LogP contribution in [-0.4, -0.2) is 15.2 Å². The molecule has 1 aliphatic carbocycles. The molecule has 0 atom stereocenters. The van der Waals surface area contributed by atoms with Crippen molar-refractivity contribution < 1.29 is 13.2 Å². The molecule has 0 saturated heterocycles. The molecule has 0 amide bonds. The third-order valence-electron chi connectivity index (χ3n) is 3.01. The number of nitrogen functional groups attached to an aromatic ring is 1. The van der Waals surface area contributed by atoms with E-state index in [1.54, 1.807) is 0 Å². The maximum absolute atomic E-state index is 12.7. The van der Waals surface area contributed by atoms with Crippen molar-refractivity contribution in [3.8, 4) is 11.4 Å². The van der Waals surface area contributed by atoms with Crippen LogP contribution in [0, 0.1) is 0 Å². The molecule has 4 nitrogen and oxygen atoms in total. The quantitative estimate of drug-likeness (QED) is 0.823. The minimum absolute atomic E-state index is 0.0441. The molecule has 0 unspecified atom stereocenters. The Kier molecular flexibility index (Phi) is 2.51. The van der Waals surface area contributed by atoms with Crippen LogP contribution in [0.3, 0.4) is 0 Å². The van der Waals surface area contributed by atoms with Gasteiger partial charge in [-0.15, -0.1) is 0 Å². The summed E-state index contributed by atoms with van der Waals surface area (Å²) in [5, 5.41) is 6.71. The number of benzene rings is 1. The average Bonchev–Trinajstić information content (AvgIpc) is 3.05. The van der Waals surface area contributed by atoms with Crippen LogP contribution in [0.25, 0.3) is 11.4 Å². The van der Waals surface area contributed by atoms with E-state index in [4.69, 9.17) is 5.73 Å². The normalized spacial score (nSPS) is 15.7. The first kappa shape index (κ1) is 12.0. The van der Waals surface area contributed by atoms with Gasteiger partial charge in [0.05, 0.1) is 5.56 Å². The number of anilines is 1. The maximum Gasteiger partial charge on any atom is 0.416 e. The number of nitrogens with zero attached hydrogens (tertiary/aromatic N) is 2. The molecular formula is C12H11F3N4. The minimum Gasteiger partial charge on any atom is -0.399 e. The fraction of sp³-hybridized carbons (Fsp3) is 0.333. The number of nitrogens with one attached hydrogen (secondary N) is 1. The summed E-state index contributed by atoms with van der Waals surface area (Å²) in [5.41, 5.74) is 5.03. The summed E-state index contributed by atoms with van der Waals surface area (Å²) in [7, 11) is 0. The van der Waals surface area contributed by atoms with Gasteiger partial charge in [0.1, 0.15) is 5.82 Å². The fourth-order valence-electron chi connectivity index (χ4n) is 1.89. The molecule has 2 aromatic rings. The Hall–Kier alpha value is -2.05. The highest BCUT2D eigenvalue weighted by Gasteiger charge is 2.32. The zero-order chi connectivity index (χ0) is 13.6. The molecule has 100 valence electrons. The number of aromatic nitrogens is 3. The lowest BCUT2D eigenvalue weighted by atomic mass is 10.1. The van der Waals surface area contributed by atoms with E-state index >= 15 is 0 Å². The second-order valence-electron chi connectivity index (χ2n) is 4.66. The Balaban J connectivity index is 2.01. The number of aromatic amines is 1. The van der Waals surface area contributed by atoms with Gasteiger partial charge < -0.3 is 5.73 Å². The molecule has 19 heavy (non-hydrogen) atoms. The predicted octanol–water partition coefficient (Wildman–Crippen LogP) is 2.95. The van der Waals surface area contributed by atoms with Crippen LogP contribution in [0.15, 0.2) is 18.2 Å². The standard InChI is InChI=1S/C12H11F3N4/c13-12(14,15)8-3-7(4-9(16)5-8)11-17-10(18-19-11)6-1-2-6/h3-6H,1-2,16H2,(H,17,18,19). The molecule has 1 saturated carbocycles. The maximum atomic E-state index is 12.7. The molecule has 7 heteroatoms. The summed E-state index contributed by atoms with van der Waals surface area (Å²) in [6.45, 7) is 0. The second-order valence-corrected chi connectivity index (χ2v) is 4.66. The van der Waals surface area contributed by atoms with Crippen molar-refractivity contribution in [2.75, 3.05) is 5.73 Å². The molecule has 3 rings (SSSR count). The lowest BCUT2D eigenvalue weighted by molar-refractivity contribution is -0.137. The second kappa shape index (κ2) is 3.97. The number of halogens is 3.